The van der Waals surface area contributed by atoms with Crippen molar-refractivity contribution in [3.63, 3.8) is 0 Å². The molecule has 112 valence electrons. The minimum Gasteiger partial charge on any atom is -0.389 e. The van der Waals surface area contributed by atoms with Crippen LogP contribution in [0.5, 0.6) is 0 Å². The molecule has 4 nitrogen and oxygen atoms in total. The Balaban J connectivity index is 2.88. The fourth-order valence-electron chi connectivity index (χ4n) is 1.51. The lowest BCUT2D eigenvalue weighted by atomic mass is 9.93. The predicted octanol–water partition coefficient (Wildman–Crippen LogP) is 2.69. The van der Waals surface area contributed by atoms with Gasteiger partial charge in [0.15, 0.2) is 0 Å². The molecule has 0 fully saturated rings. The maximum absolute atomic E-state index is 12.1. The van der Waals surface area contributed by atoms with Crippen molar-refractivity contribution in [3.05, 3.63) is 28.8 Å². The summed E-state index contributed by atoms with van der Waals surface area (Å²) in [5.74, 6) is 0. The van der Waals surface area contributed by atoms with Crippen molar-refractivity contribution in [2.24, 2.45) is 11.1 Å². The summed E-state index contributed by atoms with van der Waals surface area (Å²) in [5, 5.41) is 0.233. The number of thiocarbonyl (C=S) groups is 1. The Morgan fingerprint density at radius 1 is 1.40 bits per heavy atom. The van der Waals surface area contributed by atoms with Crippen LogP contribution in [0.15, 0.2) is 23.1 Å². The summed E-state index contributed by atoms with van der Waals surface area (Å²) in [6, 6.07) is 4.32. The molecule has 20 heavy (non-hydrogen) atoms. The van der Waals surface area contributed by atoms with Crippen LogP contribution in [0.3, 0.4) is 0 Å². The highest BCUT2D eigenvalue weighted by atomic mass is 35.5. The predicted molar refractivity (Wildman–Crippen MR) is 86.6 cm³/mol. The van der Waals surface area contributed by atoms with Crippen LogP contribution in [0.2, 0.25) is 5.02 Å². The molecule has 0 saturated carbocycles. The van der Waals surface area contributed by atoms with Gasteiger partial charge in [0.1, 0.15) is 4.99 Å². The minimum absolute atomic E-state index is 0.0652. The van der Waals surface area contributed by atoms with Gasteiger partial charge in [0.2, 0.25) is 10.0 Å². The zero-order valence-electron chi connectivity index (χ0n) is 11.7. The smallest absolute Gasteiger partial charge is 0.240 e. The molecule has 0 bridgehead atoms. The Hall–Kier alpha value is -0.690. The van der Waals surface area contributed by atoms with E-state index in [0.717, 1.165) is 6.42 Å². The molecular weight excluding hydrogens is 316 g/mol. The molecule has 0 aromatic heterocycles. The summed E-state index contributed by atoms with van der Waals surface area (Å²) in [6.45, 7) is 6.53. The second-order valence-electron chi connectivity index (χ2n) is 5.71. The van der Waals surface area contributed by atoms with Gasteiger partial charge in [-0.05, 0) is 30.0 Å². The number of halogens is 1. The van der Waals surface area contributed by atoms with Gasteiger partial charge in [-0.1, -0.05) is 44.6 Å². The Morgan fingerprint density at radius 3 is 2.45 bits per heavy atom. The van der Waals surface area contributed by atoms with Gasteiger partial charge in [0.25, 0.3) is 0 Å². The van der Waals surface area contributed by atoms with Crippen LogP contribution in [-0.4, -0.2) is 20.0 Å². The van der Waals surface area contributed by atoms with E-state index in [1.165, 1.54) is 18.2 Å². The Morgan fingerprint density at radius 2 is 2.00 bits per heavy atom. The monoisotopic (exact) mass is 334 g/mol. The molecule has 0 atom stereocenters. The third-order valence-corrected chi connectivity index (χ3v) is 4.67. The van der Waals surface area contributed by atoms with Gasteiger partial charge in [-0.3, -0.25) is 0 Å². The number of hydrogen-bond acceptors (Lipinski definition) is 3. The molecule has 0 spiro atoms. The molecule has 3 N–H and O–H groups in total. The van der Waals surface area contributed by atoms with Crippen molar-refractivity contribution >= 4 is 38.8 Å². The average Bonchev–Trinajstić information content (AvgIpc) is 2.26. The summed E-state index contributed by atoms with van der Waals surface area (Å²) in [7, 11) is -3.57. The van der Waals surface area contributed by atoms with Gasteiger partial charge < -0.3 is 5.73 Å². The van der Waals surface area contributed by atoms with E-state index in [2.05, 4.69) is 25.5 Å². The van der Waals surface area contributed by atoms with E-state index in [4.69, 9.17) is 29.6 Å². The van der Waals surface area contributed by atoms with Crippen LogP contribution in [0.25, 0.3) is 0 Å². The standard InChI is InChI=1S/C13H19ClN2O2S2/c1-13(2,3)6-7-16-20(17,18)9-4-5-10(12(15)19)11(14)8-9/h4-5,8,16H,6-7H2,1-3H3,(H2,15,19). The number of sulfonamides is 1. The number of hydrogen-bond donors (Lipinski definition) is 2. The maximum atomic E-state index is 12.1. The summed E-state index contributed by atoms with van der Waals surface area (Å²) in [4.78, 5) is 0.246. The first-order valence-electron chi connectivity index (χ1n) is 6.12. The highest BCUT2D eigenvalue weighted by Gasteiger charge is 2.17. The van der Waals surface area contributed by atoms with Crippen LogP contribution >= 0.6 is 23.8 Å². The first kappa shape index (κ1) is 17.4. The van der Waals surface area contributed by atoms with Gasteiger partial charge in [-0.15, -0.1) is 0 Å². The molecule has 0 aliphatic carbocycles. The SMILES string of the molecule is CC(C)(C)CCNS(=O)(=O)c1ccc(C(N)=S)c(Cl)c1. The number of nitrogens with two attached hydrogens (primary N) is 1. The lowest BCUT2D eigenvalue weighted by Gasteiger charge is -2.18. The number of benzene rings is 1. The minimum atomic E-state index is -3.57. The Labute approximate surface area is 130 Å². The summed E-state index contributed by atoms with van der Waals surface area (Å²) in [5.41, 5.74) is 6.02. The van der Waals surface area contributed by atoms with Crippen molar-refractivity contribution in [2.75, 3.05) is 6.54 Å². The first-order valence-corrected chi connectivity index (χ1v) is 8.39. The van der Waals surface area contributed by atoms with Crippen molar-refractivity contribution < 1.29 is 8.42 Å². The molecule has 0 aliphatic heterocycles. The zero-order valence-corrected chi connectivity index (χ0v) is 14.1. The van der Waals surface area contributed by atoms with Crippen molar-refractivity contribution in [1.82, 2.24) is 4.72 Å². The second kappa shape index (κ2) is 6.39. The Bertz CT molecular complexity index is 607. The molecule has 1 aromatic carbocycles. The van der Waals surface area contributed by atoms with Crippen LogP contribution in [-0.2, 0) is 10.0 Å². The quantitative estimate of drug-likeness (QED) is 0.812. The van der Waals surface area contributed by atoms with Crippen LogP contribution < -0.4 is 10.5 Å². The first-order chi connectivity index (χ1) is 9.03. The second-order valence-corrected chi connectivity index (χ2v) is 8.33. The largest absolute Gasteiger partial charge is 0.389 e. The number of rotatable bonds is 5. The molecular formula is C13H19ClN2O2S2. The van der Waals surface area contributed by atoms with E-state index in [9.17, 15) is 8.42 Å². The van der Waals surface area contributed by atoms with Crippen molar-refractivity contribution in [1.29, 1.82) is 0 Å². The Kier molecular flexibility index (Phi) is 5.54. The van der Waals surface area contributed by atoms with Crippen molar-refractivity contribution in [3.8, 4) is 0 Å². The fourth-order valence-corrected chi connectivity index (χ4v) is 3.15. The van der Waals surface area contributed by atoms with Crippen molar-refractivity contribution in [2.45, 2.75) is 32.1 Å². The van der Waals surface area contributed by atoms with Gasteiger partial charge in [-0.2, -0.15) is 0 Å². The van der Waals surface area contributed by atoms with Gasteiger partial charge in [-0.25, -0.2) is 13.1 Å². The highest BCUT2D eigenvalue weighted by Crippen LogP contribution is 2.21. The molecule has 0 saturated heterocycles. The third kappa shape index (κ3) is 5.01. The average molecular weight is 335 g/mol. The van der Waals surface area contributed by atoms with Crippen LogP contribution in [0, 0.1) is 5.41 Å². The van der Waals surface area contributed by atoms with Crippen LogP contribution in [0.4, 0.5) is 0 Å². The fraction of sp³-hybridized carbons (Fsp3) is 0.462. The van der Waals surface area contributed by atoms with Gasteiger partial charge in [0, 0.05) is 12.1 Å². The van der Waals surface area contributed by atoms with E-state index in [-0.39, 0.29) is 20.3 Å². The van der Waals surface area contributed by atoms with Gasteiger partial charge in [0.05, 0.1) is 9.92 Å². The van der Waals surface area contributed by atoms with E-state index < -0.39 is 10.0 Å². The summed E-state index contributed by atoms with van der Waals surface area (Å²) < 4.78 is 26.8. The normalized spacial score (nSPS) is 12.4. The summed E-state index contributed by atoms with van der Waals surface area (Å²) in [6.07, 6.45) is 0.741. The lowest BCUT2D eigenvalue weighted by molar-refractivity contribution is 0.378. The zero-order chi connectivity index (χ0) is 15.6. The van der Waals surface area contributed by atoms with E-state index in [1.54, 1.807) is 0 Å². The molecule has 0 unspecified atom stereocenters. The van der Waals surface area contributed by atoms with E-state index in [0.29, 0.717) is 12.1 Å². The topological polar surface area (TPSA) is 72.2 Å². The molecule has 1 aromatic rings. The molecule has 1 rings (SSSR count). The molecule has 7 heteroatoms. The van der Waals surface area contributed by atoms with E-state index >= 15 is 0 Å². The molecule has 0 amide bonds. The third-order valence-electron chi connectivity index (χ3n) is 2.68. The lowest BCUT2D eigenvalue weighted by Crippen LogP contribution is -2.27. The molecule has 0 aliphatic rings. The number of nitrogens with one attached hydrogen (secondary N) is 1. The molecule has 0 heterocycles. The van der Waals surface area contributed by atoms with Crippen LogP contribution in [0.1, 0.15) is 32.8 Å². The summed E-state index contributed by atoms with van der Waals surface area (Å²) >= 11 is 10.8. The maximum Gasteiger partial charge on any atom is 0.240 e. The van der Waals surface area contributed by atoms with Gasteiger partial charge >= 0.3 is 0 Å². The highest BCUT2D eigenvalue weighted by molar-refractivity contribution is 7.89. The van der Waals surface area contributed by atoms with E-state index in [1.807, 2.05) is 0 Å². The molecule has 0 radical (unpaired) electrons.